The Morgan fingerprint density at radius 1 is 1.10 bits per heavy atom. The highest BCUT2D eigenvalue weighted by Crippen LogP contribution is 2.14. The molecule has 1 atom stereocenters. The van der Waals surface area contributed by atoms with Crippen LogP contribution in [0.2, 0.25) is 5.02 Å². The predicted octanol–water partition coefficient (Wildman–Crippen LogP) is 3.06. The third-order valence-corrected chi connectivity index (χ3v) is 4.41. The molecule has 0 spiro atoms. The smallest absolute Gasteiger partial charge is 0.225 e. The van der Waals surface area contributed by atoms with Crippen molar-refractivity contribution in [2.75, 3.05) is 16.8 Å². The van der Waals surface area contributed by atoms with E-state index in [4.69, 9.17) is 17.3 Å². The van der Waals surface area contributed by atoms with Gasteiger partial charge in [-0.15, -0.1) is 0 Å². The van der Waals surface area contributed by atoms with Crippen molar-refractivity contribution in [2.24, 2.45) is 0 Å². The molecule has 2 aromatic rings. The van der Waals surface area contributed by atoms with E-state index in [1.807, 2.05) is 0 Å². The van der Waals surface area contributed by atoms with Crippen LogP contribution in [0.25, 0.3) is 0 Å². The summed E-state index contributed by atoms with van der Waals surface area (Å²) in [6, 6.07) is 13.6. The van der Waals surface area contributed by atoms with Crippen molar-refractivity contribution in [3.8, 4) is 0 Å². The Balaban J connectivity index is 1.84. The number of nitrogens with two attached hydrogens (primary N) is 1. The van der Waals surface area contributed by atoms with E-state index in [0.29, 0.717) is 21.3 Å². The van der Waals surface area contributed by atoms with Crippen molar-refractivity contribution in [3.05, 3.63) is 53.6 Å². The standard InChI is InChI=1S/C15H15ClN2O2S/c16-11-1-7-14(8-2-11)21(20)10-9-15(19)18-13-5-3-12(17)4-6-13/h1-8H,9-10,17H2,(H,18,19). The second-order valence-electron chi connectivity index (χ2n) is 4.42. The maximum absolute atomic E-state index is 12.0. The number of hydrogen-bond donors (Lipinski definition) is 2. The molecule has 0 radical (unpaired) electrons. The zero-order valence-corrected chi connectivity index (χ0v) is 12.8. The average molecular weight is 323 g/mol. The summed E-state index contributed by atoms with van der Waals surface area (Å²) < 4.78 is 12.0. The summed E-state index contributed by atoms with van der Waals surface area (Å²) in [6.07, 6.45) is 0.180. The normalized spacial score (nSPS) is 11.9. The number of rotatable bonds is 5. The fourth-order valence-corrected chi connectivity index (χ4v) is 2.85. The van der Waals surface area contributed by atoms with E-state index in [-0.39, 0.29) is 18.1 Å². The first kappa shape index (κ1) is 15.5. The molecule has 0 fully saturated rings. The van der Waals surface area contributed by atoms with Gasteiger partial charge < -0.3 is 11.1 Å². The molecule has 3 N–H and O–H groups in total. The largest absolute Gasteiger partial charge is 0.399 e. The Morgan fingerprint density at radius 3 is 2.33 bits per heavy atom. The number of benzene rings is 2. The molecule has 0 aliphatic heterocycles. The van der Waals surface area contributed by atoms with E-state index >= 15 is 0 Å². The molecule has 2 rings (SSSR count). The molecule has 1 unspecified atom stereocenters. The van der Waals surface area contributed by atoms with Crippen LogP contribution in [0.3, 0.4) is 0 Å². The molecule has 0 heterocycles. The van der Waals surface area contributed by atoms with Crippen LogP contribution in [-0.2, 0) is 15.6 Å². The first-order valence-corrected chi connectivity index (χ1v) is 8.03. The van der Waals surface area contributed by atoms with Crippen LogP contribution in [0.4, 0.5) is 11.4 Å². The monoisotopic (exact) mass is 322 g/mol. The summed E-state index contributed by atoms with van der Waals surface area (Å²) in [5, 5.41) is 3.33. The minimum Gasteiger partial charge on any atom is -0.399 e. The van der Waals surface area contributed by atoms with Crippen LogP contribution in [0.1, 0.15) is 6.42 Å². The van der Waals surface area contributed by atoms with Gasteiger partial charge >= 0.3 is 0 Å². The van der Waals surface area contributed by atoms with E-state index in [1.54, 1.807) is 48.5 Å². The molecule has 0 aliphatic rings. The van der Waals surface area contributed by atoms with Crippen LogP contribution < -0.4 is 11.1 Å². The van der Waals surface area contributed by atoms with Crippen molar-refractivity contribution >= 4 is 39.7 Å². The molecule has 2 aromatic carbocycles. The lowest BCUT2D eigenvalue weighted by molar-refractivity contribution is -0.115. The molecule has 1 amide bonds. The van der Waals surface area contributed by atoms with Crippen molar-refractivity contribution in [2.45, 2.75) is 11.3 Å². The van der Waals surface area contributed by atoms with Gasteiger partial charge in [0.2, 0.25) is 5.91 Å². The van der Waals surface area contributed by atoms with Gasteiger partial charge in [-0.3, -0.25) is 9.00 Å². The quantitative estimate of drug-likeness (QED) is 0.831. The second kappa shape index (κ2) is 7.24. The van der Waals surface area contributed by atoms with Gasteiger partial charge in [0.15, 0.2) is 0 Å². The van der Waals surface area contributed by atoms with Gasteiger partial charge in [0, 0.05) is 33.5 Å². The minimum atomic E-state index is -1.21. The average Bonchev–Trinajstić information content (AvgIpc) is 2.48. The number of nitrogens with one attached hydrogen (secondary N) is 1. The lowest BCUT2D eigenvalue weighted by atomic mass is 10.3. The van der Waals surface area contributed by atoms with Crippen LogP contribution in [0.15, 0.2) is 53.4 Å². The summed E-state index contributed by atoms with van der Waals surface area (Å²) in [4.78, 5) is 12.5. The topological polar surface area (TPSA) is 72.2 Å². The first-order chi connectivity index (χ1) is 10.0. The fourth-order valence-electron chi connectivity index (χ4n) is 1.68. The summed E-state index contributed by atoms with van der Waals surface area (Å²) in [7, 11) is -1.21. The van der Waals surface area contributed by atoms with Crippen molar-refractivity contribution in [3.63, 3.8) is 0 Å². The molecule has 4 nitrogen and oxygen atoms in total. The Labute approximate surface area is 130 Å². The maximum atomic E-state index is 12.0. The fraction of sp³-hybridized carbons (Fsp3) is 0.133. The molecule has 0 aliphatic carbocycles. The number of hydrogen-bond acceptors (Lipinski definition) is 3. The van der Waals surface area contributed by atoms with Gasteiger partial charge in [-0.25, -0.2) is 0 Å². The highest BCUT2D eigenvalue weighted by molar-refractivity contribution is 7.85. The maximum Gasteiger partial charge on any atom is 0.225 e. The lowest BCUT2D eigenvalue weighted by Crippen LogP contribution is -2.14. The third kappa shape index (κ3) is 4.88. The number of halogens is 1. The zero-order chi connectivity index (χ0) is 15.2. The van der Waals surface area contributed by atoms with Gasteiger partial charge in [-0.05, 0) is 48.5 Å². The van der Waals surface area contributed by atoms with E-state index in [0.717, 1.165) is 0 Å². The molecule has 0 saturated heterocycles. The molecule has 0 saturated carbocycles. The van der Waals surface area contributed by atoms with Crippen LogP contribution in [-0.4, -0.2) is 15.9 Å². The lowest BCUT2D eigenvalue weighted by Gasteiger charge is -2.06. The molecule has 21 heavy (non-hydrogen) atoms. The third-order valence-electron chi connectivity index (χ3n) is 2.79. The Kier molecular flexibility index (Phi) is 5.36. The Hall–Kier alpha value is -1.85. The molecule has 0 bridgehead atoms. The van der Waals surface area contributed by atoms with Gasteiger partial charge in [-0.1, -0.05) is 11.6 Å². The molecule has 110 valence electrons. The highest BCUT2D eigenvalue weighted by Gasteiger charge is 2.08. The molecule has 6 heteroatoms. The predicted molar refractivity (Wildman–Crippen MR) is 86.8 cm³/mol. The number of carbonyl (C=O) groups is 1. The second-order valence-corrected chi connectivity index (χ2v) is 6.43. The van der Waals surface area contributed by atoms with E-state index in [2.05, 4.69) is 5.32 Å². The van der Waals surface area contributed by atoms with E-state index < -0.39 is 10.8 Å². The first-order valence-electron chi connectivity index (χ1n) is 6.34. The van der Waals surface area contributed by atoms with E-state index in [1.165, 1.54) is 0 Å². The Morgan fingerprint density at radius 2 is 1.71 bits per heavy atom. The van der Waals surface area contributed by atoms with Gasteiger partial charge in [0.05, 0.1) is 10.8 Å². The van der Waals surface area contributed by atoms with Crippen molar-refractivity contribution < 1.29 is 9.00 Å². The summed E-state index contributed by atoms with van der Waals surface area (Å²) in [6.45, 7) is 0. The molecule has 0 aromatic heterocycles. The number of carbonyl (C=O) groups excluding carboxylic acids is 1. The summed E-state index contributed by atoms with van der Waals surface area (Å²) >= 11 is 5.77. The number of amides is 1. The molecular formula is C15H15ClN2O2S. The van der Waals surface area contributed by atoms with Crippen LogP contribution >= 0.6 is 11.6 Å². The van der Waals surface area contributed by atoms with E-state index in [9.17, 15) is 9.00 Å². The van der Waals surface area contributed by atoms with Gasteiger partial charge in [-0.2, -0.15) is 0 Å². The Bertz CT molecular complexity index is 642. The number of nitrogen functional groups attached to an aromatic ring is 1. The summed E-state index contributed by atoms with van der Waals surface area (Å²) in [5.74, 6) is 0.0877. The zero-order valence-electron chi connectivity index (χ0n) is 11.2. The minimum absolute atomic E-state index is 0.179. The van der Waals surface area contributed by atoms with Crippen LogP contribution in [0, 0.1) is 0 Å². The van der Waals surface area contributed by atoms with Crippen molar-refractivity contribution in [1.82, 2.24) is 0 Å². The van der Waals surface area contributed by atoms with Gasteiger partial charge in [0.25, 0.3) is 0 Å². The highest BCUT2D eigenvalue weighted by atomic mass is 35.5. The van der Waals surface area contributed by atoms with Crippen molar-refractivity contribution in [1.29, 1.82) is 0 Å². The summed E-state index contributed by atoms with van der Waals surface area (Å²) in [5.41, 5.74) is 6.88. The number of anilines is 2. The van der Waals surface area contributed by atoms with Crippen LogP contribution in [0.5, 0.6) is 0 Å². The molecular weight excluding hydrogens is 308 g/mol. The SMILES string of the molecule is Nc1ccc(NC(=O)CCS(=O)c2ccc(Cl)cc2)cc1. The van der Waals surface area contributed by atoms with Gasteiger partial charge in [0.1, 0.15) is 0 Å².